The van der Waals surface area contributed by atoms with Crippen LogP contribution in [0.2, 0.25) is 0 Å². The van der Waals surface area contributed by atoms with Gasteiger partial charge in [-0.05, 0) is 0 Å². The number of hydrogen-bond acceptors (Lipinski definition) is 18. The van der Waals surface area contributed by atoms with Gasteiger partial charge in [0.2, 0.25) is 0 Å². The Morgan fingerprint density at radius 2 is 0.463 bits per heavy atom. The molecule has 0 spiro atoms. The van der Waals surface area contributed by atoms with Crippen molar-refractivity contribution in [3.8, 4) is 0 Å². The molecule has 0 aromatic rings. The summed E-state index contributed by atoms with van der Waals surface area (Å²) < 4.78 is 0. The molecule has 18 nitrogen and oxygen atoms in total. The van der Waals surface area contributed by atoms with E-state index in [9.17, 15) is 89.1 Å². The molecule has 0 aromatic carbocycles. The van der Waals surface area contributed by atoms with Gasteiger partial charge in [-0.15, -0.1) is 0 Å². The smallest absolute Gasteiger partial charge is 0.550 e. The van der Waals surface area contributed by atoms with Crippen LogP contribution in [0.15, 0.2) is 0 Å². The first-order valence-electron chi connectivity index (χ1n) is 7.29. The molecule has 174 valence electrons. The van der Waals surface area contributed by atoms with Crippen LogP contribution >= 0.6 is 0 Å². The molecule has 41 heavy (non-hydrogen) atoms. The zero-order valence-corrected chi connectivity index (χ0v) is 51.5. The predicted octanol–water partition coefficient (Wildman–Crippen LogP) is -42.7. The molecule has 1 aliphatic rings. The third-order valence-electron chi connectivity index (χ3n) is 5.36. The van der Waals surface area contributed by atoms with Gasteiger partial charge in [0.1, 0.15) is 0 Å². The minimum atomic E-state index is -6.04. The molecule has 0 saturated heterocycles. The zero-order valence-electron chi connectivity index (χ0n) is 23.4. The molecule has 0 aliphatic heterocycles. The quantitative estimate of drug-likeness (QED) is 0.154. The summed E-state index contributed by atoms with van der Waals surface area (Å²) in [7, 11) is 0. The SMILES string of the molecule is O=C([O-])C1C(C(=O)[O-])(C(=O)[O-])C(C(=O)[O-])(C(=O)[O-])C(C(=O)[O-])(C(=O)[O-])C1(C(=O)[O-])C(=O)[O-].[K+].[K+].[K+].[K+].[K+].[K+].[K+].[K+].[K+]. The Kier molecular flexibility index (Phi) is 51.6. The fourth-order valence-electron chi connectivity index (χ4n) is 4.38. The van der Waals surface area contributed by atoms with Crippen molar-refractivity contribution in [1.29, 1.82) is 0 Å². The van der Waals surface area contributed by atoms with E-state index in [1.54, 1.807) is 0 Å². The molecule has 1 aliphatic carbocycles. The Balaban J connectivity index is -0.000000163. The molecule has 0 amide bonds. The van der Waals surface area contributed by atoms with Gasteiger partial charge >= 0.3 is 462 Å². The van der Waals surface area contributed by atoms with Crippen molar-refractivity contribution in [3.63, 3.8) is 0 Å². The monoisotopic (exact) mass is 808 g/mol. The van der Waals surface area contributed by atoms with Crippen LogP contribution in [-0.2, 0) is 43.2 Å². The minimum Gasteiger partial charge on any atom is -0.550 e. The molecule has 0 radical (unpaired) electrons. The van der Waals surface area contributed by atoms with Crippen molar-refractivity contribution in [2.45, 2.75) is 0 Å². The molecule has 0 N–H and O–H groups in total. The van der Waals surface area contributed by atoms with Crippen LogP contribution in [0.3, 0.4) is 0 Å². The molecule has 27 heteroatoms. The fourth-order valence-corrected chi connectivity index (χ4v) is 4.38. The Morgan fingerprint density at radius 3 is 0.537 bits per heavy atom. The van der Waals surface area contributed by atoms with E-state index in [1.807, 2.05) is 0 Å². The van der Waals surface area contributed by atoms with Gasteiger partial charge in [0.15, 0.2) is 0 Å². The molecule has 0 aromatic heterocycles. The van der Waals surface area contributed by atoms with Gasteiger partial charge in [-0.3, -0.25) is 0 Å². The first kappa shape index (κ1) is 72.2. The summed E-state index contributed by atoms with van der Waals surface area (Å²) in [6.45, 7) is 0. The van der Waals surface area contributed by atoms with Gasteiger partial charge in [-0.1, -0.05) is 0 Å². The van der Waals surface area contributed by atoms with Crippen molar-refractivity contribution < 1.29 is 552 Å². The molecule has 0 unspecified atom stereocenters. The predicted molar refractivity (Wildman–Crippen MR) is 58.3 cm³/mol. The second-order valence-corrected chi connectivity index (χ2v) is 6.17. The average molecular weight is 809 g/mol. The summed E-state index contributed by atoms with van der Waals surface area (Å²) in [6, 6.07) is 0. The molecule has 1 fully saturated rings. The Hall–Kier alpha value is 9.96. The van der Waals surface area contributed by atoms with E-state index in [-0.39, 0.29) is 462 Å². The van der Waals surface area contributed by atoms with Gasteiger partial charge in [0.05, 0.1) is 69.4 Å². The van der Waals surface area contributed by atoms with Gasteiger partial charge in [-0.25, -0.2) is 0 Å². The van der Waals surface area contributed by atoms with Crippen LogP contribution in [0.1, 0.15) is 0 Å². The average Bonchev–Trinajstić information content (AvgIpc) is 2.85. The molecule has 0 bridgehead atoms. The van der Waals surface area contributed by atoms with Crippen molar-refractivity contribution in [2.75, 3.05) is 0 Å². The maximum atomic E-state index is 11.8. The Morgan fingerprint density at radius 1 is 0.317 bits per heavy atom. The first-order valence-corrected chi connectivity index (χ1v) is 7.29. The zero-order chi connectivity index (χ0) is 25.8. The summed E-state index contributed by atoms with van der Waals surface area (Å²) in [6.07, 6.45) is 0. The maximum Gasteiger partial charge on any atom is 1.00 e. The topological polar surface area (TPSA) is 361 Å². The number of aliphatic carboxylic acids is 9. The van der Waals surface area contributed by atoms with E-state index in [1.165, 1.54) is 0 Å². The van der Waals surface area contributed by atoms with E-state index in [0.717, 1.165) is 0 Å². The first-order chi connectivity index (χ1) is 14.4. The summed E-state index contributed by atoms with van der Waals surface area (Å²) in [5.41, 5.74) is -23.6. The van der Waals surface area contributed by atoms with E-state index in [2.05, 4.69) is 0 Å². The van der Waals surface area contributed by atoms with Gasteiger partial charge in [0, 0.05) is 11.9 Å². The van der Waals surface area contributed by atoms with Crippen molar-refractivity contribution in [2.24, 2.45) is 27.6 Å². The largest absolute Gasteiger partial charge is 1.00 e. The Bertz CT molecular complexity index is 916. The number of carbonyl (C=O) groups is 9. The molecular formula is C14HK9O18. The van der Waals surface area contributed by atoms with Crippen LogP contribution in [0, 0.1) is 27.6 Å². The number of hydrogen-bond donors (Lipinski definition) is 0. The second-order valence-electron chi connectivity index (χ2n) is 6.17. The van der Waals surface area contributed by atoms with E-state index in [4.69, 9.17) is 0 Å². The normalized spacial score (nSPS) is 15.5. The number of carboxylic acids is 9. The van der Waals surface area contributed by atoms with Crippen molar-refractivity contribution in [3.05, 3.63) is 0 Å². The van der Waals surface area contributed by atoms with Crippen molar-refractivity contribution in [1.82, 2.24) is 0 Å². The fraction of sp³-hybridized carbons (Fsp3) is 0.357. The third-order valence-corrected chi connectivity index (χ3v) is 5.36. The number of carbonyl (C=O) groups excluding carboxylic acids is 9. The molecule has 1 rings (SSSR count). The summed E-state index contributed by atoms with van der Waals surface area (Å²) in [4.78, 5) is 106. The van der Waals surface area contributed by atoms with E-state index >= 15 is 0 Å². The number of carboxylic acid groups (broad SMARTS) is 9. The maximum absolute atomic E-state index is 11.8. The Labute approximate surface area is 611 Å². The van der Waals surface area contributed by atoms with E-state index < -0.39 is 81.3 Å². The summed E-state index contributed by atoms with van der Waals surface area (Å²) in [5, 5.41) is 106. The molecule has 0 atom stereocenters. The standard InChI is InChI=1S/C14H10O18.9K/c15-2(16)1-11(3(17)18,4(19)20)13(7(25)26,8(27)28)14(9(29)30,10(31)32)12(1,5(21)22)6(23)24;;;;;;;;;/h1H,(H,15,16)(H,17,18)(H,19,20)(H,21,22)(H,23,24)(H,25,26)(H,27,28)(H,29,30)(H,31,32);;;;;;;;;/q;9*+1/p-9. The van der Waals surface area contributed by atoms with Gasteiger partial charge < -0.3 is 89.1 Å². The van der Waals surface area contributed by atoms with Crippen LogP contribution in [0.25, 0.3) is 0 Å². The van der Waals surface area contributed by atoms with Gasteiger partial charge in [0.25, 0.3) is 0 Å². The van der Waals surface area contributed by atoms with Crippen LogP contribution in [0.5, 0.6) is 0 Å². The van der Waals surface area contributed by atoms with Crippen LogP contribution < -0.4 is 508 Å². The summed E-state index contributed by atoms with van der Waals surface area (Å²) in [5.74, 6) is -40.1. The van der Waals surface area contributed by atoms with Gasteiger partial charge in [-0.2, -0.15) is 0 Å². The van der Waals surface area contributed by atoms with Crippen LogP contribution in [0.4, 0.5) is 0 Å². The van der Waals surface area contributed by atoms with Crippen molar-refractivity contribution >= 4 is 53.7 Å². The van der Waals surface area contributed by atoms with E-state index in [0.29, 0.717) is 0 Å². The minimum absolute atomic E-state index is 0. The second kappa shape index (κ2) is 29.3. The molecular weight excluding hydrogens is 808 g/mol. The number of rotatable bonds is 9. The van der Waals surface area contributed by atoms with Crippen LogP contribution in [-0.4, -0.2) is 53.7 Å². The molecule has 0 heterocycles. The summed E-state index contributed by atoms with van der Waals surface area (Å²) >= 11 is 0. The third kappa shape index (κ3) is 11.3. The molecule has 1 saturated carbocycles.